The fraction of sp³-hybridized carbons (Fsp3) is 0.375. The number of allylic oxidation sites excluding steroid dienone is 2. The number of alkyl halides is 3. The molecule has 0 aromatic heterocycles. The lowest BCUT2D eigenvalue weighted by atomic mass is 9.75. The summed E-state index contributed by atoms with van der Waals surface area (Å²) in [5.41, 5.74) is -0.737. The van der Waals surface area contributed by atoms with E-state index in [0.717, 1.165) is 0 Å². The van der Waals surface area contributed by atoms with Gasteiger partial charge in [-0.15, -0.1) is 0 Å². The molecule has 13 heteroatoms. The second kappa shape index (κ2) is 14.7. The van der Waals surface area contributed by atoms with Crippen molar-refractivity contribution in [2.75, 3.05) is 7.11 Å². The van der Waals surface area contributed by atoms with Crippen LogP contribution >= 0.6 is 11.6 Å². The van der Waals surface area contributed by atoms with Gasteiger partial charge in [0, 0.05) is 22.4 Å². The Hall–Kier alpha value is -4.19. The Labute approximate surface area is 263 Å². The standard InChI is InChI=1S/C32H34ClF4N3O5/c1-18(2)25(27(41)32(35,36)37)39-30(44)26(31(3)13-11-23(45-4)12-14-31)40-29(43)24(16-19-7-5-10-22(34)15-19)38-28(42)20-8-6-9-21(33)17-20/h5-13,15,17-18,24-26H,14,16H2,1-4H3,(H,38,42)(H,39,44)(H,40,43)/t24-,25-,26+,31?/m0/s1. The normalized spacial score (nSPS) is 18.3. The lowest BCUT2D eigenvalue weighted by molar-refractivity contribution is -0.175. The Balaban J connectivity index is 1.99. The maximum Gasteiger partial charge on any atom is 0.452 e. The summed E-state index contributed by atoms with van der Waals surface area (Å²) in [6, 6.07) is 6.45. The molecule has 3 rings (SSSR count). The summed E-state index contributed by atoms with van der Waals surface area (Å²) in [5, 5.41) is 7.62. The van der Waals surface area contributed by atoms with Crippen molar-refractivity contribution >= 4 is 35.1 Å². The van der Waals surface area contributed by atoms with Crippen LogP contribution in [0.25, 0.3) is 0 Å². The van der Waals surface area contributed by atoms with Gasteiger partial charge in [-0.3, -0.25) is 19.2 Å². The maximum absolute atomic E-state index is 14.0. The van der Waals surface area contributed by atoms with E-state index in [4.69, 9.17) is 16.3 Å². The van der Waals surface area contributed by atoms with Gasteiger partial charge in [-0.05, 0) is 60.4 Å². The SMILES string of the molecule is COC1=CCC(C)([C@H](NC(=O)[C@H](Cc2cccc(F)c2)NC(=O)c2cccc(Cl)c2)C(=O)N[C@H](C(=O)C(F)(F)F)C(C)C)C=C1. The summed E-state index contributed by atoms with van der Waals surface area (Å²) in [6.07, 6.45) is -0.551. The molecule has 8 nitrogen and oxygen atoms in total. The van der Waals surface area contributed by atoms with Gasteiger partial charge in [0.1, 0.15) is 23.7 Å². The number of hydrogen-bond donors (Lipinski definition) is 3. The molecular weight excluding hydrogens is 618 g/mol. The van der Waals surface area contributed by atoms with E-state index in [1.807, 2.05) is 0 Å². The zero-order chi connectivity index (χ0) is 33.5. The number of Topliss-reactive ketones (excluding diaryl/α,β-unsaturated/α-hetero) is 1. The van der Waals surface area contributed by atoms with Crippen LogP contribution in [0.3, 0.4) is 0 Å². The molecule has 0 spiro atoms. The first kappa shape index (κ1) is 35.3. The summed E-state index contributed by atoms with van der Waals surface area (Å²) in [4.78, 5) is 52.9. The highest BCUT2D eigenvalue weighted by Crippen LogP contribution is 2.34. The molecule has 242 valence electrons. The highest BCUT2D eigenvalue weighted by molar-refractivity contribution is 6.31. The minimum Gasteiger partial charge on any atom is -0.497 e. The Kier molecular flexibility index (Phi) is 11.5. The zero-order valence-electron chi connectivity index (χ0n) is 25.0. The molecule has 0 saturated carbocycles. The van der Waals surface area contributed by atoms with Gasteiger partial charge < -0.3 is 20.7 Å². The van der Waals surface area contributed by atoms with Gasteiger partial charge in [-0.25, -0.2) is 4.39 Å². The number of ketones is 1. The Bertz CT molecular complexity index is 1490. The molecule has 3 amide bonds. The summed E-state index contributed by atoms with van der Waals surface area (Å²) in [6.45, 7) is 4.29. The van der Waals surface area contributed by atoms with Gasteiger partial charge in [0.25, 0.3) is 11.7 Å². The average Bonchev–Trinajstić information content (AvgIpc) is 2.97. The maximum atomic E-state index is 14.0. The van der Waals surface area contributed by atoms with Crippen LogP contribution in [-0.2, 0) is 25.5 Å². The minimum absolute atomic E-state index is 0.119. The lowest BCUT2D eigenvalue weighted by Gasteiger charge is -2.37. The summed E-state index contributed by atoms with van der Waals surface area (Å²) >= 11 is 6.02. The molecule has 0 saturated heterocycles. The summed E-state index contributed by atoms with van der Waals surface area (Å²) in [7, 11) is 1.43. The van der Waals surface area contributed by atoms with Crippen LogP contribution in [0.1, 0.15) is 43.1 Å². The van der Waals surface area contributed by atoms with Crippen LogP contribution in [-0.4, -0.2) is 54.9 Å². The fourth-order valence-corrected chi connectivity index (χ4v) is 4.99. The number of benzene rings is 2. The Morgan fingerprint density at radius 3 is 2.24 bits per heavy atom. The smallest absolute Gasteiger partial charge is 0.452 e. The predicted octanol–water partition coefficient (Wildman–Crippen LogP) is 5.07. The molecular formula is C32H34ClF4N3O5. The molecule has 0 bridgehead atoms. The van der Waals surface area contributed by atoms with Crippen molar-refractivity contribution in [1.82, 2.24) is 16.0 Å². The molecule has 0 heterocycles. The second-order valence-corrected chi connectivity index (χ2v) is 11.7. The van der Waals surface area contributed by atoms with Crippen LogP contribution in [0.5, 0.6) is 0 Å². The van der Waals surface area contributed by atoms with E-state index in [2.05, 4.69) is 16.0 Å². The molecule has 1 aliphatic rings. The van der Waals surface area contributed by atoms with E-state index < -0.39 is 65.0 Å². The van der Waals surface area contributed by atoms with Gasteiger partial charge in [0.2, 0.25) is 11.8 Å². The molecule has 0 aliphatic heterocycles. The van der Waals surface area contributed by atoms with Crippen molar-refractivity contribution in [2.45, 2.75) is 57.9 Å². The lowest BCUT2D eigenvalue weighted by Crippen LogP contribution is -2.62. The number of carbonyl (C=O) groups excluding carboxylic acids is 4. The molecule has 0 radical (unpaired) electrons. The molecule has 0 fully saturated rings. The predicted molar refractivity (Wildman–Crippen MR) is 160 cm³/mol. The first-order valence-electron chi connectivity index (χ1n) is 14.0. The fourth-order valence-electron chi connectivity index (χ4n) is 4.80. The average molecular weight is 652 g/mol. The van der Waals surface area contributed by atoms with Gasteiger partial charge in [-0.1, -0.05) is 56.6 Å². The molecule has 2 aromatic rings. The third kappa shape index (κ3) is 9.40. The highest BCUT2D eigenvalue weighted by atomic mass is 35.5. The number of methoxy groups -OCH3 is 1. The largest absolute Gasteiger partial charge is 0.497 e. The second-order valence-electron chi connectivity index (χ2n) is 11.3. The Morgan fingerprint density at radius 2 is 1.69 bits per heavy atom. The molecule has 4 atom stereocenters. The number of carbonyl (C=O) groups is 4. The van der Waals surface area contributed by atoms with Crippen molar-refractivity contribution in [2.24, 2.45) is 11.3 Å². The number of nitrogens with one attached hydrogen (secondary N) is 3. The minimum atomic E-state index is -5.22. The first-order chi connectivity index (χ1) is 21.0. The zero-order valence-corrected chi connectivity index (χ0v) is 25.8. The van der Waals surface area contributed by atoms with Gasteiger partial charge in [0.05, 0.1) is 13.2 Å². The first-order valence-corrected chi connectivity index (χ1v) is 14.4. The molecule has 1 aliphatic carbocycles. The van der Waals surface area contributed by atoms with Crippen molar-refractivity contribution in [3.63, 3.8) is 0 Å². The van der Waals surface area contributed by atoms with Crippen molar-refractivity contribution in [3.05, 3.63) is 94.5 Å². The molecule has 3 N–H and O–H groups in total. The molecule has 2 aromatic carbocycles. The van der Waals surface area contributed by atoms with E-state index >= 15 is 0 Å². The van der Waals surface area contributed by atoms with Crippen LogP contribution in [0, 0.1) is 17.2 Å². The number of hydrogen-bond acceptors (Lipinski definition) is 5. The van der Waals surface area contributed by atoms with E-state index in [9.17, 15) is 36.7 Å². The number of halogens is 5. The van der Waals surface area contributed by atoms with Gasteiger partial charge in [-0.2, -0.15) is 13.2 Å². The van der Waals surface area contributed by atoms with E-state index in [-0.39, 0.29) is 23.4 Å². The number of ether oxygens (including phenoxy) is 1. The van der Waals surface area contributed by atoms with Crippen LogP contribution in [0.2, 0.25) is 5.02 Å². The molecule has 45 heavy (non-hydrogen) atoms. The monoisotopic (exact) mass is 651 g/mol. The summed E-state index contributed by atoms with van der Waals surface area (Å²) < 4.78 is 59.4. The van der Waals surface area contributed by atoms with Gasteiger partial charge >= 0.3 is 6.18 Å². The van der Waals surface area contributed by atoms with Gasteiger partial charge in [0.15, 0.2) is 0 Å². The van der Waals surface area contributed by atoms with Crippen molar-refractivity contribution in [1.29, 1.82) is 0 Å². The van der Waals surface area contributed by atoms with E-state index in [1.165, 1.54) is 63.4 Å². The van der Waals surface area contributed by atoms with Crippen LogP contribution in [0.15, 0.2) is 72.5 Å². The van der Waals surface area contributed by atoms with E-state index in [1.54, 1.807) is 31.2 Å². The van der Waals surface area contributed by atoms with Crippen LogP contribution < -0.4 is 16.0 Å². The van der Waals surface area contributed by atoms with E-state index in [0.29, 0.717) is 11.3 Å². The quantitative estimate of drug-likeness (QED) is 0.277. The molecule has 1 unspecified atom stereocenters. The van der Waals surface area contributed by atoms with Crippen LogP contribution in [0.4, 0.5) is 17.6 Å². The van der Waals surface area contributed by atoms with Crippen molar-refractivity contribution in [3.8, 4) is 0 Å². The third-order valence-electron chi connectivity index (χ3n) is 7.38. The highest BCUT2D eigenvalue weighted by Gasteiger charge is 2.47. The van der Waals surface area contributed by atoms with Crippen molar-refractivity contribution < 1.29 is 41.5 Å². The number of rotatable bonds is 12. The topological polar surface area (TPSA) is 114 Å². The number of amides is 3. The summed E-state index contributed by atoms with van der Waals surface area (Å²) in [5.74, 6) is -5.82. The third-order valence-corrected chi connectivity index (χ3v) is 7.61. The Morgan fingerprint density at radius 1 is 1.00 bits per heavy atom.